The average molecular weight is 219 g/mol. The molecule has 0 fully saturated rings. The third-order valence-electron chi connectivity index (χ3n) is 1.23. The van der Waals surface area contributed by atoms with Crippen molar-refractivity contribution < 1.29 is 44.0 Å². The Labute approximate surface area is 104 Å². The SMILES string of the molecule is CC(C)(C)NCCCS(=O)(=O)O.[H-].[Na+]. The third kappa shape index (κ3) is 15.6. The summed E-state index contributed by atoms with van der Waals surface area (Å²) in [4.78, 5) is 0. The Morgan fingerprint density at radius 2 is 1.85 bits per heavy atom. The second-order valence-corrected chi connectivity index (χ2v) is 5.39. The van der Waals surface area contributed by atoms with E-state index in [2.05, 4.69) is 5.32 Å². The molecule has 0 saturated carbocycles. The minimum absolute atomic E-state index is 0. The van der Waals surface area contributed by atoms with Gasteiger partial charge in [0.2, 0.25) is 0 Å². The summed E-state index contributed by atoms with van der Waals surface area (Å²) in [6.45, 7) is 6.60. The molecule has 4 nitrogen and oxygen atoms in total. The van der Waals surface area contributed by atoms with Crippen LogP contribution in [-0.4, -0.2) is 30.8 Å². The van der Waals surface area contributed by atoms with Crippen LogP contribution in [0.15, 0.2) is 0 Å². The summed E-state index contributed by atoms with van der Waals surface area (Å²) in [5, 5.41) is 3.12. The molecule has 13 heavy (non-hydrogen) atoms. The standard InChI is InChI=1S/C7H17NO3S.Na.H/c1-7(2,3)8-5-4-6-12(9,10)11;;/h8H,4-6H2,1-3H3,(H,9,10,11);;/q;+1;-1. The fourth-order valence-corrected chi connectivity index (χ4v) is 1.23. The molecule has 0 aromatic heterocycles. The summed E-state index contributed by atoms with van der Waals surface area (Å²) in [7, 11) is -3.78. The molecule has 0 unspecified atom stereocenters. The molecular weight excluding hydrogens is 201 g/mol. The molecule has 76 valence electrons. The van der Waals surface area contributed by atoms with Gasteiger partial charge >= 0.3 is 29.6 Å². The van der Waals surface area contributed by atoms with Crippen LogP contribution in [0.4, 0.5) is 0 Å². The summed E-state index contributed by atoms with van der Waals surface area (Å²) >= 11 is 0. The molecule has 0 radical (unpaired) electrons. The van der Waals surface area contributed by atoms with Crippen LogP contribution in [0, 0.1) is 0 Å². The van der Waals surface area contributed by atoms with Crippen molar-refractivity contribution in [1.82, 2.24) is 5.32 Å². The van der Waals surface area contributed by atoms with Gasteiger partial charge in [0.25, 0.3) is 10.1 Å². The largest absolute Gasteiger partial charge is 1.00 e. The zero-order chi connectivity index (χ0) is 9.83. The van der Waals surface area contributed by atoms with Crippen LogP contribution >= 0.6 is 0 Å². The van der Waals surface area contributed by atoms with E-state index < -0.39 is 10.1 Å². The normalized spacial score (nSPS) is 12.3. The molecule has 0 aromatic rings. The first kappa shape index (κ1) is 16.3. The van der Waals surface area contributed by atoms with Gasteiger partial charge < -0.3 is 6.74 Å². The maximum absolute atomic E-state index is 10.3. The zero-order valence-electron chi connectivity index (χ0n) is 9.79. The molecule has 0 aliphatic heterocycles. The summed E-state index contributed by atoms with van der Waals surface area (Å²) in [5.74, 6) is -0.171. The van der Waals surface area contributed by atoms with Crippen LogP contribution in [0.25, 0.3) is 0 Å². The monoisotopic (exact) mass is 219 g/mol. The quantitative estimate of drug-likeness (QED) is 0.319. The molecule has 2 N–H and O–H groups in total. The van der Waals surface area contributed by atoms with E-state index in [4.69, 9.17) is 4.55 Å². The van der Waals surface area contributed by atoms with Gasteiger partial charge in [0.15, 0.2) is 0 Å². The van der Waals surface area contributed by atoms with Crippen molar-refractivity contribution >= 4 is 10.1 Å². The maximum Gasteiger partial charge on any atom is 1.00 e. The second kappa shape index (κ2) is 6.37. The average Bonchev–Trinajstić information content (AvgIpc) is 1.76. The van der Waals surface area contributed by atoms with E-state index in [1.165, 1.54) is 0 Å². The van der Waals surface area contributed by atoms with E-state index in [9.17, 15) is 8.42 Å². The van der Waals surface area contributed by atoms with Gasteiger partial charge in [-0.2, -0.15) is 8.42 Å². The molecule has 0 aliphatic rings. The van der Waals surface area contributed by atoms with Crippen molar-refractivity contribution in [2.75, 3.05) is 12.3 Å². The van der Waals surface area contributed by atoms with Crippen LogP contribution in [0.2, 0.25) is 0 Å². The second-order valence-electron chi connectivity index (χ2n) is 3.82. The summed E-state index contributed by atoms with van der Waals surface area (Å²) in [5.41, 5.74) is -0.000776. The number of rotatable bonds is 4. The molecule has 0 heterocycles. The number of hydrogen-bond donors (Lipinski definition) is 2. The number of hydrogen-bond acceptors (Lipinski definition) is 3. The molecular formula is C7H18NNaO3S. The van der Waals surface area contributed by atoms with Crippen molar-refractivity contribution in [1.29, 1.82) is 0 Å². The minimum atomic E-state index is -3.78. The molecule has 0 amide bonds. The van der Waals surface area contributed by atoms with Crippen LogP contribution in [0.5, 0.6) is 0 Å². The Hall–Kier alpha value is 0.870. The predicted molar refractivity (Wildman–Crippen MR) is 49.9 cm³/mol. The van der Waals surface area contributed by atoms with Gasteiger partial charge in [0.05, 0.1) is 5.75 Å². The van der Waals surface area contributed by atoms with Crippen LogP contribution in [-0.2, 0) is 10.1 Å². The van der Waals surface area contributed by atoms with Gasteiger partial charge in [-0.25, -0.2) is 0 Å². The summed E-state index contributed by atoms with van der Waals surface area (Å²) in [6, 6.07) is 0. The molecule has 0 aliphatic carbocycles. The Morgan fingerprint density at radius 3 is 2.15 bits per heavy atom. The number of nitrogens with one attached hydrogen (secondary N) is 1. The topological polar surface area (TPSA) is 66.4 Å². The molecule has 0 spiro atoms. The third-order valence-corrected chi connectivity index (χ3v) is 2.04. The molecule has 0 rings (SSSR count). The Balaban J connectivity index is -0.000000605. The van der Waals surface area contributed by atoms with Crippen LogP contribution in [0.1, 0.15) is 28.6 Å². The summed E-state index contributed by atoms with van der Waals surface area (Å²) in [6.07, 6.45) is 0.441. The van der Waals surface area contributed by atoms with E-state index in [1.54, 1.807) is 0 Å². The van der Waals surface area contributed by atoms with E-state index in [1.807, 2.05) is 20.8 Å². The molecule has 0 aromatic carbocycles. The van der Waals surface area contributed by atoms with Crippen molar-refractivity contribution in [3.05, 3.63) is 0 Å². The van der Waals surface area contributed by atoms with Gasteiger partial charge in [-0.3, -0.25) is 4.55 Å². The molecule has 0 bridgehead atoms. The summed E-state index contributed by atoms with van der Waals surface area (Å²) < 4.78 is 29.0. The van der Waals surface area contributed by atoms with Gasteiger partial charge in [-0.15, -0.1) is 0 Å². The van der Waals surface area contributed by atoms with Gasteiger partial charge in [-0.1, -0.05) is 0 Å². The molecule has 6 heteroatoms. The molecule has 0 atom stereocenters. The first-order valence-corrected chi connectivity index (χ1v) is 5.52. The first-order chi connectivity index (χ1) is 5.21. The fourth-order valence-electron chi connectivity index (χ4n) is 0.718. The van der Waals surface area contributed by atoms with Crippen molar-refractivity contribution in [2.45, 2.75) is 32.7 Å². The Morgan fingerprint density at radius 1 is 1.38 bits per heavy atom. The Bertz CT molecular complexity index is 226. The van der Waals surface area contributed by atoms with Gasteiger partial charge in [0.1, 0.15) is 0 Å². The van der Waals surface area contributed by atoms with E-state index in [-0.39, 0.29) is 42.3 Å². The van der Waals surface area contributed by atoms with Crippen molar-refractivity contribution in [3.63, 3.8) is 0 Å². The van der Waals surface area contributed by atoms with Crippen LogP contribution < -0.4 is 34.9 Å². The molecule has 0 saturated heterocycles. The smallest absolute Gasteiger partial charge is 1.00 e. The predicted octanol–water partition coefficient (Wildman–Crippen LogP) is -2.23. The first-order valence-electron chi connectivity index (χ1n) is 3.91. The fraction of sp³-hybridized carbons (Fsp3) is 1.00. The van der Waals surface area contributed by atoms with Crippen LogP contribution in [0.3, 0.4) is 0 Å². The van der Waals surface area contributed by atoms with E-state index in [0.717, 1.165) is 0 Å². The van der Waals surface area contributed by atoms with Crippen molar-refractivity contribution in [3.8, 4) is 0 Å². The van der Waals surface area contributed by atoms with Gasteiger partial charge in [0, 0.05) is 5.54 Å². The van der Waals surface area contributed by atoms with E-state index >= 15 is 0 Å². The maximum atomic E-state index is 10.3. The minimum Gasteiger partial charge on any atom is -1.00 e. The van der Waals surface area contributed by atoms with E-state index in [0.29, 0.717) is 13.0 Å². The van der Waals surface area contributed by atoms with Crippen molar-refractivity contribution in [2.24, 2.45) is 0 Å². The zero-order valence-corrected chi connectivity index (χ0v) is 11.6. The Kier molecular flexibility index (Phi) is 7.99. The van der Waals surface area contributed by atoms with Gasteiger partial charge in [-0.05, 0) is 33.7 Å².